The smallest absolute Gasteiger partial charge is 0.302 e. The van der Waals surface area contributed by atoms with Crippen molar-refractivity contribution in [3.63, 3.8) is 0 Å². The molecule has 0 spiro atoms. The van der Waals surface area contributed by atoms with Crippen LogP contribution in [-0.4, -0.2) is 30.6 Å². The number of carbonyl (C=O) groups is 1. The number of rotatable bonds is 3. The number of allylic oxidation sites excluding steroid dienone is 2. The number of hydrogen-bond donors (Lipinski definition) is 1. The molecule has 4 unspecified atom stereocenters. The first-order valence-corrected chi connectivity index (χ1v) is 14.9. The second kappa shape index (κ2) is 14.9. The molecule has 229 valence electrons. The zero-order valence-corrected chi connectivity index (χ0v) is 30.1. The summed E-state index contributed by atoms with van der Waals surface area (Å²) in [7, 11) is 0. The van der Waals surface area contributed by atoms with Crippen LogP contribution in [0.3, 0.4) is 0 Å². The van der Waals surface area contributed by atoms with Crippen LogP contribution in [0.15, 0.2) is 22.3 Å². The maximum absolute atomic E-state index is 11.1. The molecular formula is C35H61O4Y-. The van der Waals surface area contributed by atoms with E-state index in [9.17, 15) is 9.90 Å². The Morgan fingerprint density at radius 2 is 1.18 bits per heavy atom. The summed E-state index contributed by atoms with van der Waals surface area (Å²) in [5.74, 6) is 2.03. The van der Waals surface area contributed by atoms with E-state index in [0.29, 0.717) is 42.3 Å². The molecule has 4 atom stereocenters. The molecular weight excluding hydrogens is 573 g/mol. The zero-order valence-electron chi connectivity index (χ0n) is 27.2. The summed E-state index contributed by atoms with van der Waals surface area (Å²) in [6.45, 7) is 27.5. The first-order valence-electron chi connectivity index (χ1n) is 14.9. The van der Waals surface area contributed by atoms with Crippen molar-refractivity contribution in [3.8, 4) is 0 Å². The Labute approximate surface area is 272 Å². The molecule has 5 heteroatoms. The van der Waals surface area contributed by atoms with Gasteiger partial charge in [-0.1, -0.05) is 99.0 Å². The third kappa shape index (κ3) is 7.42. The summed E-state index contributed by atoms with van der Waals surface area (Å²) >= 11 is 0. The van der Waals surface area contributed by atoms with Gasteiger partial charge in [-0.3, -0.25) is 11.1 Å². The van der Waals surface area contributed by atoms with Gasteiger partial charge in [0.2, 0.25) is 0 Å². The molecule has 0 aliphatic heterocycles. The van der Waals surface area contributed by atoms with Crippen LogP contribution in [0.4, 0.5) is 0 Å². The molecule has 0 aromatic heterocycles. The van der Waals surface area contributed by atoms with Crippen LogP contribution in [-0.2, 0) is 47.0 Å². The van der Waals surface area contributed by atoms with E-state index in [2.05, 4.69) is 69.2 Å². The Morgan fingerprint density at radius 3 is 1.52 bits per heavy atom. The molecule has 0 heterocycles. The second-order valence-corrected chi connectivity index (χ2v) is 14.5. The largest absolute Gasteiger partial charge is 0.542 e. The van der Waals surface area contributed by atoms with Gasteiger partial charge in [0.15, 0.2) is 0 Å². The Balaban J connectivity index is 0.000000669. The Hall–Kier alpha value is -0.316. The maximum Gasteiger partial charge on any atom is 0.302 e. The van der Waals surface area contributed by atoms with Crippen molar-refractivity contribution < 1.29 is 52.1 Å². The summed E-state index contributed by atoms with van der Waals surface area (Å²) in [6.07, 6.45) is 8.83. The monoisotopic (exact) mass is 634 g/mol. The zero-order chi connectivity index (χ0) is 29.3. The fraction of sp³-hybridized carbons (Fsp3) is 0.829. The minimum absolute atomic E-state index is 0. The average molecular weight is 635 g/mol. The Bertz CT molecular complexity index is 937. The standard InChI is InChI=1S/C17H28O2.C15H26O.C2H3O.CH4.Y/c1-11-16(3,4)14-9-7-8-13(10-19-12(2)18)15(14)17(11,5)6;1-10-14(2,3)12-8-6-7-11(9-16)13(12)15(10,4)5;1-2-3;;/h11,13H,7-10H2,1-6H3;10-11,16H,6-9H2,1-5H3;1H3;1H4;/q;;-1;;. The fourth-order valence-corrected chi connectivity index (χ4v) is 8.63. The number of esters is 1. The third-order valence-corrected chi connectivity index (χ3v) is 11.4. The van der Waals surface area contributed by atoms with Gasteiger partial charge in [-0.15, -0.1) is 0 Å². The second-order valence-electron chi connectivity index (χ2n) is 14.5. The van der Waals surface area contributed by atoms with Crippen molar-refractivity contribution in [2.45, 2.75) is 129 Å². The number of hydrogen-bond acceptors (Lipinski definition) is 4. The van der Waals surface area contributed by atoms with Crippen LogP contribution in [0.5, 0.6) is 0 Å². The minimum atomic E-state index is -0.157. The molecule has 4 nitrogen and oxygen atoms in total. The van der Waals surface area contributed by atoms with E-state index < -0.39 is 0 Å². The van der Waals surface area contributed by atoms with E-state index in [1.807, 2.05) is 0 Å². The topological polar surface area (TPSA) is 63.6 Å². The summed E-state index contributed by atoms with van der Waals surface area (Å²) in [6, 6.07) is 0. The molecule has 4 rings (SSSR count). The van der Waals surface area contributed by atoms with Gasteiger partial charge < -0.3 is 14.6 Å². The third-order valence-electron chi connectivity index (χ3n) is 11.4. The molecule has 4 aliphatic rings. The van der Waals surface area contributed by atoms with Gasteiger partial charge in [-0.2, -0.15) is 6.92 Å². The van der Waals surface area contributed by atoms with Crippen molar-refractivity contribution >= 4 is 12.3 Å². The molecule has 0 saturated heterocycles. The predicted octanol–water partition coefficient (Wildman–Crippen LogP) is 8.88. The fourth-order valence-electron chi connectivity index (χ4n) is 8.63. The predicted molar refractivity (Wildman–Crippen MR) is 164 cm³/mol. The van der Waals surface area contributed by atoms with E-state index in [-0.39, 0.29) is 62.4 Å². The number of aliphatic hydroxyl groups is 1. The number of aliphatic hydroxyl groups excluding tert-OH is 1. The van der Waals surface area contributed by atoms with Crippen LogP contribution in [0.25, 0.3) is 0 Å². The number of carbonyl (C=O) groups excluding carboxylic acids is 2. The maximum atomic E-state index is 11.1. The van der Waals surface area contributed by atoms with Crippen molar-refractivity contribution in [1.29, 1.82) is 0 Å². The van der Waals surface area contributed by atoms with Crippen molar-refractivity contribution in [1.82, 2.24) is 0 Å². The van der Waals surface area contributed by atoms with E-state index >= 15 is 0 Å². The average Bonchev–Trinajstić information content (AvgIpc) is 3.08. The Kier molecular flexibility index (Phi) is 14.8. The quantitative estimate of drug-likeness (QED) is 0.191. The van der Waals surface area contributed by atoms with Crippen LogP contribution in [0, 0.1) is 45.3 Å². The van der Waals surface area contributed by atoms with Gasteiger partial charge in [-0.25, -0.2) is 0 Å². The van der Waals surface area contributed by atoms with Gasteiger partial charge in [0.25, 0.3) is 0 Å². The molecule has 4 aliphatic carbocycles. The van der Waals surface area contributed by atoms with Gasteiger partial charge in [-0.05, 0) is 72.0 Å². The molecule has 0 aromatic carbocycles. The van der Waals surface area contributed by atoms with Crippen molar-refractivity contribution in [3.05, 3.63) is 22.3 Å². The van der Waals surface area contributed by atoms with Crippen molar-refractivity contribution in [2.24, 2.45) is 45.3 Å². The number of ether oxygens (including phenoxy) is 1. The molecule has 40 heavy (non-hydrogen) atoms. The molecule has 0 saturated carbocycles. The summed E-state index contributed by atoms with van der Waals surface area (Å²) < 4.78 is 5.31. The van der Waals surface area contributed by atoms with Gasteiger partial charge in [0, 0.05) is 58.1 Å². The van der Waals surface area contributed by atoms with Crippen LogP contribution < -0.4 is 0 Å². The van der Waals surface area contributed by atoms with E-state index in [1.165, 1.54) is 58.7 Å². The molecule has 1 radical (unpaired) electrons. The Morgan fingerprint density at radius 1 is 0.825 bits per heavy atom. The van der Waals surface area contributed by atoms with Gasteiger partial charge in [0.05, 0.1) is 6.61 Å². The van der Waals surface area contributed by atoms with Gasteiger partial charge in [0.1, 0.15) is 0 Å². The first-order chi connectivity index (χ1) is 17.4. The molecule has 0 fully saturated rings. The molecule has 0 aromatic rings. The van der Waals surface area contributed by atoms with Gasteiger partial charge >= 0.3 is 5.97 Å². The molecule has 1 N–H and O–H groups in total. The molecule has 0 bridgehead atoms. The normalized spacial score (nSPS) is 30.1. The first kappa shape index (κ1) is 39.7. The SMILES string of the molecule is C.CC(=O)OCC1CCCC2=C1C(C)(C)C(C)C2(C)C.CC1C(C)(C)C2=C(C(CO)CCC2)C1(C)C.C[C-]=O.[Y]. The molecule has 0 amide bonds. The van der Waals surface area contributed by atoms with Crippen molar-refractivity contribution in [2.75, 3.05) is 13.2 Å². The van der Waals surface area contributed by atoms with E-state index in [0.717, 1.165) is 0 Å². The van der Waals surface area contributed by atoms with E-state index in [4.69, 9.17) is 9.53 Å². The van der Waals surface area contributed by atoms with Crippen LogP contribution in [0.1, 0.15) is 129 Å². The van der Waals surface area contributed by atoms with Crippen LogP contribution >= 0.6 is 0 Å². The van der Waals surface area contributed by atoms with Crippen LogP contribution in [0.2, 0.25) is 0 Å². The van der Waals surface area contributed by atoms with E-state index in [1.54, 1.807) is 22.3 Å². The summed E-state index contributed by atoms with van der Waals surface area (Å²) in [5, 5.41) is 9.59. The summed E-state index contributed by atoms with van der Waals surface area (Å²) in [4.78, 5) is 19.8. The summed E-state index contributed by atoms with van der Waals surface area (Å²) in [5.41, 5.74) is 7.61. The minimum Gasteiger partial charge on any atom is -0.542 e.